The van der Waals surface area contributed by atoms with Crippen LogP contribution in [0.1, 0.15) is 90.5 Å². The first kappa shape index (κ1) is 25.6. The molecule has 7 heteroatoms. The van der Waals surface area contributed by atoms with Gasteiger partial charge in [0.15, 0.2) is 5.82 Å². The Hall–Kier alpha value is -2.41. The van der Waals surface area contributed by atoms with Crippen molar-refractivity contribution < 1.29 is 9.90 Å². The van der Waals surface area contributed by atoms with Crippen LogP contribution in [0.2, 0.25) is 0 Å². The fourth-order valence-electron chi connectivity index (χ4n) is 9.55. The van der Waals surface area contributed by atoms with Gasteiger partial charge >= 0.3 is 5.97 Å². The SMILES string of the molecule is CC1CC(C)C2CC(n3c(=O)c(N4CCC4C(=O)O)nc4ccccc43)CC1N2C1CC2CCCCC(C2)C1. The Bertz CT molecular complexity index is 1280. The summed E-state index contributed by atoms with van der Waals surface area (Å²) in [5.41, 5.74) is 1.56. The summed E-state index contributed by atoms with van der Waals surface area (Å²) < 4.78 is 2.03. The van der Waals surface area contributed by atoms with E-state index in [0.717, 1.165) is 35.7 Å². The predicted octanol–water partition coefficient (Wildman–Crippen LogP) is 5.47. The van der Waals surface area contributed by atoms with Gasteiger partial charge in [-0.15, -0.1) is 0 Å². The Morgan fingerprint density at radius 2 is 1.54 bits per heavy atom. The van der Waals surface area contributed by atoms with Gasteiger partial charge in [-0.2, -0.15) is 0 Å². The molecule has 0 radical (unpaired) electrons. The molecule has 7 atom stereocenters. The van der Waals surface area contributed by atoms with Crippen molar-refractivity contribution in [2.75, 3.05) is 11.4 Å². The Labute approximate surface area is 231 Å². The summed E-state index contributed by atoms with van der Waals surface area (Å²) in [6, 6.07) is 9.07. The molecule has 1 aromatic carbocycles. The van der Waals surface area contributed by atoms with Gasteiger partial charge in [-0.1, -0.05) is 51.7 Å². The molecule has 4 bridgehead atoms. The number of carboxylic acid groups (broad SMARTS) is 1. The minimum Gasteiger partial charge on any atom is -0.480 e. The Kier molecular flexibility index (Phi) is 6.48. The molecule has 5 fully saturated rings. The van der Waals surface area contributed by atoms with Gasteiger partial charge in [0.25, 0.3) is 5.56 Å². The number of carboxylic acids is 1. The van der Waals surface area contributed by atoms with Gasteiger partial charge in [0.2, 0.25) is 0 Å². The van der Waals surface area contributed by atoms with Gasteiger partial charge < -0.3 is 14.6 Å². The molecule has 7 rings (SSSR count). The van der Waals surface area contributed by atoms with E-state index in [1.807, 2.05) is 28.8 Å². The maximum Gasteiger partial charge on any atom is 0.326 e. The van der Waals surface area contributed by atoms with Crippen LogP contribution in [-0.4, -0.2) is 56.2 Å². The number of nitrogens with zero attached hydrogens (tertiary/aromatic N) is 4. The first-order valence-electron chi connectivity index (χ1n) is 15.7. The lowest BCUT2D eigenvalue weighted by molar-refractivity contribution is -0.140. The molecule has 1 aromatic heterocycles. The summed E-state index contributed by atoms with van der Waals surface area (Å²) in [6.45, 7) is 5.46. The molecule has 4 heterocycles. The molecule has 2 aromatic rings. The topological polar surface area (TPSA) is 78.7 Å². The van der Waals surface area contributed by atoms with Crippen molar-refractivity contribution in [3.63, 3.8) is 0 Å². The van der Waals surface area contributed by atoms with Gasteiger partial charge in [-0.05, 0) is 80.8 Å². The maximum atomic E-state index is 14.2. The van der Waals surface area contributed by atoms with Crippen molar-refractivity contribution in [2.24, 2.45) is 23.7 Å². The second-order valence-corrected chi connectivity index (χ2v) is 13.7. The number of benzene rings is 1. The molecule has 39 heavy (non-hydrogen) atoms. The lowest BCUT2D eigenvalue weighted by atomic mass is 9.68. The summed E-state index contributed by atoms with van der Waals surface area (Å²) in [5.74, 6) is 2.45. The van der Waals surface area contributed by atoms with Crippen molar-refractivity contribution in [2.45, 2.75) is 115 Å². The number of para-hydroxylation sites is 2. The van der Waals surface area contributed by atoms with Gasteiger partial charge in [-0.25, -0.2) is 9.78 Å². The van der Waals surface area contributed by atoms with E-state index in [4.69, 9.17) is 4.98 Å². The van der Waals surface area contributed by atoms with E-state index in [1.54, 1.807) is 4.90 Å². The van der Waals surface area contributed by atoms with Gasteiger partial charge in [0, 0.05) is 30.7 Å². The van der Waals surface area contributed by atoms with Crippen LogP contribution in [0.3, 0.4) is 0 Å². The highest BCUT2D eigenvalue weighted by Gasteiger charge is 2.50. The van der Waals surface area contributed by atoms with E-state index in [1.165, 1.54) is 51.4 Å². The Morgan fingerprint density at radius 1 is 0.872 bits per heavy atom. The number of hydrogen-bond donors (Lipinski definition) is 1. The van der Waals surface area contributed by atoms with Crippen molar-refractivity contribution >= 4 is 22.8 Å². The minimum atomic E-state index is -0.874. The average molecular weight is 533 g/mol. The van der Waals surface area contributed by atoms with E-state index >= 15 is 0 Å². The van der Waals surface area contributed by atoms with Crippen LogP contribution in [-0.2, 0) is 4.79 Å². The summed E-state index contributed by atoms with van der Waals surface area (Å²) in [6.07, 6.45) is 13.6. The molecule has 0 amide bonds. The second-order valence-electron chi connectivity index (χ2n) is 13.7. The molecule has 7 unspecified atom stereocenters. The van der Waals surface area contributed by atoms with Crippen LogP contribution >= 0.6 is 0 Å². The number of anilines is 1. The lowest BCUT2D eigenvalue weighted by Crippen LogP contribution is -2.63. The number of aromatic nitrogens is 2. The second kappa shape index (κ2) is 9.90. The van der Waals surface area contributed by atoms with Gasteiger partial charge in [-0.3, -0.25) is 9.69 Å². The molecule has 3 aliphatic heterocycles. The number of carbonyl (C=O) groups is 1. The van der Waals surface area contributed by atoms with E-state index in [-0.39, 0.29) is 11.6 Å². The third-order valence-corrected chi connectivity index (χ3v) is 11.3. The van der Waals surface area contributed by atoms with Crippen molar-refractivity contribution in [1.82, 2.24) is 14.5 Å². The Morgan fingerprint density at radius 3 is 2.15 bits per heavy atom. The van der Waals surface area contributed by atoms with E-state index in [0.29, 0.717) is 48.7 Å². The molecule has 210 valence electrons. The number of rotatable bonds is 4. The maximum absolute atomic E-state index is 14.2. The van der Waals surface area contributed by atoms with Gasteiger partial charge in [0.05, 0.1) is 11.0 Å². The molecule has 1 N–H and O–H groups in total. The van der Waals surface area contributed by atoms with Crippen LogP contribution in [0, 0.1) is 23.7 Å². The number of fused-ring (bicyclic) bond motifs is 5. The van der Waals surface area contributed by atoms with Crippen LogP contribution < -0.4 is 10.5 Å². The smallest absolute Gasteiger partial charge is 0.326 e. The summed E-state index contributed by atoms with van der Waals surface area (Å²) in [4.78, 5) is 35.4. The highest BCUT2D eigenvalue weighted by molar-refractivity contribution is 5.81. The highest BCUT2D eigenvalue weighted by atomic mass is 16.4. The quantitative estimate of drug-likeness (QED) is 0.563. The third-order valence-electron chi connectivity index (χ3n) is 11.3. The summed E-state index contributed by atoms with van der Waals surface area (Å²) >= 11 is 0. The fraction of sp³-hybridized carbons (Fsp3) is 0.719. The molecule has 7 nitrogen and oxygen atoms in total. The van der Waals surface area contributed by atoms with Crippen molar-refractivity contribution in [3.8, 4) is 0 Å². The zero-order valence-corrected chi connectivity index (χ0v) is 23.5. The first-order chi connectivity index (χ1) is 18.9. The molecule has 5 aliphatic rings. The first-order valence-corrected chi connectivity index (χ1v) is 15.7. The summed E-state index contributed by atoms with van der Waals surface area (Å²) in [5, 5.41) is 9.70. The molecular weight excluding hydrogens is 488 g/mol. The molecule has 2 saturated carbocycles. The van der Waals surface area contributed by atoms with Crippen LogP contribution in [0.15, 0.2) is 29.1 Å². The number of piperidine rings is 2. The molecule has 3 saturated heterocycles. The fourth-order valence-corrected chi connectivity index (χ4v) is 9.55. The van der Waals surface area contributed by atoms with Crippen molar-refractivity contribution in [1.29, 1.82) is 0 Å². The predicted molar refractivity (Wildman–Crippen MR) is 153 cm³/mol. The van der Waals surface area contributed by atoms with E-state index < -0.39 is 12.0 Å². The van der Waals surface area contributed by atoms with E-state index in [9.17, 15) is 14.7 Å². The van der Waals surface area contributed by atoms with Crippen LogP contribution in [0.4, 0.5) is 5.82 Å². The largest absolute Gasteiger partial charge is 0.480 e. The van der Waals surface area contributed by atoms with E-state index in [2.05, 4.69) is 18.7 Å². The minimum absolute atomic E-state index is 0.107. The van der Waals surface area contributed by atoms with Crippen molar-refractivity contribution in [3.05, 3.63) is 34.6 Å². The normalized spacial score (nSPS) is 38.7. The molecule has 0 spiro atoms. The summed E-state index contributed by atoms with van der Waals surface area (Å²) in [7, 11) is 0. The highest BCUT2D eigenvalue weighted by Crippen LogP contribution is 2.49. The van der Waals surface area contributed by atoms with Gasteiger partial charge in [0.1, 0.15) is 6.04 Å². The number of hydrogen-bond acceptors (Lipinski definition) is 5. The zero-order chi connectivity index (χ0) is 26.8. The van der Waals surface area contributed by atoms with Crippen LogP contribution in [0.25, 0.3) is 11.0 Å². The standard InChI is InChI=1S/C32H44N4O3/c1-19-13-20(2)29-18-24(17-28(19)35(29)23-15-21-7-3-4-8-22(14-21)16-23)36-26-10-6-5-9-25(26)33-30(31(36)37)34-12-11-27(34)32(38)39/h5-6,9-10,19-24,27-29H,3-4,7-8,11-18H2,1-2H3,(H,38,39). The monoisotopic (exact) mass is 532 g/mol. The zero-order valence-electron chi connectivity index (χ0n) is 23.5. The lowest BCUT2D eigenvalue weighted by Gasteiger charge is -2.58. The van der Waals surface area contributed by atoms with Crippen LogP contribution in [0.5, 0.6) is 0 Å². The Balaban J connectivity index is 1.26. The molecular formula is C32H44N4O3. The average Bonchev–Trinajstić information content (AvgIpc) is 3.05. The third kappa shape index (κ3) is 4.30. The number of aliphatic carboxylic acids is 1. The molecule has 2 aliphatic carbocycles.